The van der Waals surface area contributed by atoms with Crippen LogP contribution in [0.15, 0.2) is 11.8 Å². The van der Waals surface area contributed by atoms with E-state index < -0.39 is 0 Å². The maximum atomic E-state index is 5.66. The topological polar surface area (TPSA) is 26.0 Å². The molecule has 8 heavy (non-hydrogen) atoms. The van der Waals surface area contributed by atoms with Gasteiger partial charge in [0, 0.05) is 5.70 Å². The van der Waals surface area contributed by atoms with E-state index in [1.165, 1.54) is 6.42 Å². The minimum absolute atomic E-state index is 0.694. The fraction of sp³-hybridized carbons (Fsp3) is 0.714. The molecular formula is C7H11N. The van der Waals surface area contributed by atoms with Crippen LogP contribution < -0.4 is 5.73 Å². The van der Waals surface area contributed by atoms with Crippen molar-refractivity contribution in [2.75, 3.05) is 0 Å². The highest BCUT2D eigenvalue weighted by atomic mass is 14.7. The second kappa shape index (κ2) is 1.09. The lowest BCUT2D eigenvalue weighted by molar-refractivity contribution is 0.598. The zero-order chi connectivity index (χ0) is 5.72. The molecule has 0 aromatic heterocycles. The lowest BCUT2D eigenvalue weighted by Crippen LogP contribution is -2.06. The summed E-state index contributed by atoms with van der Waals surface area (Å²) in [6.07, 6.45) is 3.64. The van der Waals surface area contributed by atoms with Gasteiger partial charge in [0.15, 0.2) is 0 Å². The Kier molecular flexibility index (Phi) is 0.605. The molecule has 2 rings (SSSR count). The molecule has 3 atom stereocenters. The van der Waals surface area contributed by atoms with Crippen molar-refractivity contribution in [3.8, 4) is 0 Å². The van der Waals surface area contributed by atoms with Crippen LogP contribution >= 0.6 is 0 Å². The van der Waals surface area contributed by atoms with Gasteiger partial charge in [-0.15, -0.1) is 0 Å². The summed E-state index contributed by atoms with van der Waals surface area (Å²) in [6.45, 7) is 2.23. The van der Waals surface area contributed by atoms with Gasteiger partial charge in [-0.2, -0.15) is 0 Å². The Morgan fingerprint density at radius 3 is 2.75 bits per heavy atom. The largest absolute Gasteiger partial charge is 0.402 e. The Bertz CT molecular complexity index is 148. The van der Waals surface area contributed by atoms with Crippen LogP contribution in [0.2, 0.25) is 0 Å². The third-order valence-corrected chi connectivity index (χ3v) is 2.47. The zero-order valence-electron chi connectivity index (χ0n) is 5.09. The lowest BCUT2D eigenvalue weighted by atomic mass is 10.1. The van der Waals surface area contributed by atoms with Crippen molar-refractivity contribution in [2.24, 2.45) is 23.5 Å². The van der Waals surface area contributed by atoms with E-state index >= 15 is 0 Å². The summed E-state index contributed by atoms with van der Waals surface area (Å²) in [6, 6.07) is 0. The molecular weight excluding hydrogens is 98.1 g/mol. The molecule has 1 heteroatoms. The van der Waals surface area contributed by atoms with E-state index in [1.54, 1.807) is 0 Å². The Morgan fingerprint density at radius 1 is 1.75 bits per heavy atom. The number of fused-ring (bicyclic) bond motifs is 1. The molecule has 3 unspecified atom stereocenters. The fourth-order valence-corrected chi connectivity index (χ4v) is 1.65. The van der Waals surface area contributed by atoms with Crippen molar-refractivity contribution >= 4 is 0 Å². The number of allylic oxidation sites excluding steroid dienone is 2. The molecule has 0 saturated heterocycles. The van der Waals surface area contributed by atoms with Gasteiger partial charge in [-0.25, -0.2) is 0 Å². The molecule has 2 aliphatic rings. The van der Waals surface area contributed by atoms with Crippen molar-refractivity contribution in [2.45, 2.75) is 13.3 Å². The highest BCUT2D eigenvalue weighted by molar-refractivity contribution is 5.21. The minimum atomic E-state index is 0.694. The third-order valence-electron chi connectivity index (χ3n) is 2.47. The molecule has 2 aliphatic carbocycles. The van der Waals surface area contributed by atoms with Crippen LogP contribution in [-0.2, 0) is 0 Å². The van der Waals surface area contributed by atoms with Gasteiger partial charge in [0.05, 0.1) is 0 Å². The lowest BCUT2D eigenvalue weighted by Gasteiger charge is -2.03. The molecule has 1 nitrogen and oxygen atoms in total. The van der Waals surface area contributed by atoms with Gasteiger partial charge in [0.1, 0.15) is 0 Å². The quantitative estimate of drug-likeness (QED) is 0.495. The predicted octanol–water partition coefficient (Wildman–Crippen LogP) is 1.11. The molecule has 0 spiro atoms. The molecule has 0 aliphatic heterocycles. The number of hydrogen-bond acceptors (Lipinski definition) is 1. The Morgan fingerprint density at radius 2 is 2.50 bits per heavy atom. The van der Waals surface area contributed by atoms with Crippen molar-refractivity contribution < 1.29 is 0 Å². The standard InChI is InChI=1S/C7H11N/c1-4-6-2-5(6)3-7(4)8/h3-6H,2,8H2,1H3. The normalized spacial score (nSPS) is 50.6. The average Bonchev–Trinajstić information content (AvgIpc) is 2.39. The van der Waals surface area contributed by atoms with Gasteiger partial charge in [-0.3, -0.25) is 0 Å². The van der Waals surface area contributed by atoms with Crippen molar-refractivity contribution in [1.82, 2.24) is 0 Å². The van der Waals surface area contributed by atoms with E-state index in [2.05, 4.69) is 13.0 Å². The molecule has 0 amide bonds. The van der Waals surface area contributed by atoms with E-state index in [4.69, 9.17) is 5.73 Å². The van der Waals surface area contributed by atoms with Gasteiger partial charge in [0.25, 0.3) is 0 Å². The minimum Gasteiger partial charge on any atom is -0.402 e. The van der Waals surface area contributed by atoms with Crippen LogP contribution in [0, 0.1) is 17.8 Å². The first-order chi connectivity index (χ1) is 3.79. The van der Waals surface area contributed by atoms with Crippen LogP contribution in [0.1, 0.15) is 13.3 Å². The second-order valence-corrected chi connectivity index (χ2v) is 3.02. The van der Waals surface area contributed by atoms with Crippen LogP contribution in [0.3, 0.4) is 0 Å². The van der Waals surface area contributed by atoms with Crippen molar-refractivity contribution in [3.05, 3.63) is 11.8 Å². The summed E-state index contributed by atoms with van der Waals surface area (Å²) in [5.41, 5.74) is 6.79. The van der Waals surface area contributed by atoms with E-state index in [0.29, 0.717) is 5.92 Å². The van der Waals surface area contributed by atoms with E-state index in [1.807, 2.05) is 0 Å². The summed E-state index contributed by atoms with van der Waals surface area (Å²) in [5, 5.41) is 0. The Labute approximate surface area is 49.6 Å². The molecule has 0 radical (unpaired) electrons. The highest BCUT2D eigenvalue weighted by Gasteiger charge is 2.45. The maximum Gasteiger partial charge on any atom is 0.00746 e. The summed E-state index contributed by atoms with van der Waals surface area (Å²) >= 11 is 0. The van der Waals surface area contributed by atoms with Crippen LogP contribution in [0.4, 0.5) is 0 Å². The molecule has 1 saturated carbocycles. The van der Waals surface area contributed by atoms with E-state index in [9.17, 15) is 0 Å². The van der Waals surface area contributed by atoms with Gasteiger partial charge in [-0.05, 0) is 24.2 Å². The molecule has 44 valence electrons. The first kappa shape index (κ1) is 4.42. The SMILES string of the molecule is CC1C(N)=CC2CC21. The first-order valence-electron chi connectivity index (χ1n) is 3.26. The molecule has 1 fully saturated rings. The van der Waals surface area contributed by atoms with E-state index in [0.717, 1.165) is 17.5 Å². The first-order valence-corrected chi connectivity index (χ1v) is 3.26. The molecule has 0 aromatic carbocycles. The summed E-state index contributed by atoms with van der Waals surface area (Å²) < 4.78 is 0. The smallest absolute Gasteiger partial charge is 0.00746 e. The number of nitrogens with two attached hydrogens (primary N) is 1. The van der Waals surface area contributed by atoms with Crippen LogP contribution in [-0.4, -0.2) is 0 Å². The number of rotatable bonds is 0. The highest BCUT2D eigenvalue weighted by Crippen LogP contribution is 2.52. The average molecular weight is 109 g/mol. The fourth-order valence-electron chi connectivity index (χ4n) is 1.65. The monoisotopic (exact) mass is 109 g/mol. The molecule has 0 aromatic rings. The zero-order valence-corrected chi connectivity index (χ0v) is 5.09. The molecule has 2 N–H and O–H groups in total. The van der Waals surface area contributed by atoms with Gasteiger partial charge >= 0.3 is 0 Å². The second-order valence-electron chi connectivity index (χ2n) is 3.02. The molecule has 0 bridgehead atoms. The summed E-state index contributed by atoms with van der Waals surface area (Å²) in [4.78, 5) is 0. The maximum absolute atomic E-state index is 5.66. The van der Waals surface area contributed by atoms with Gasteiger partial charge in [-0.1, -0.05) is 13.0 Å². The predicted molar refractivity (Wildman–Crippen MR) is 33.0 cm³/mol. The molecule has 0 heterocycles. The summed E-state index contributed by atoms with van der Waals surface area (Å²) in [7, 11) is 0. The van der Waals surface area contributed by atoms with E-state index in [-0.39, 0.29) is 0 Å². The Hall–Kier alpha value is -0.460. The van der Waals surface area contributed by atoms with Crippen LogP contribution in [0.25, 0.3) is 0 Å². The number of hydrogen-bond donors (Lipinski definition) is 1. The van der Waals surface area contributed by atoms with Crippen molar-refractivity contribution in [1.29, 1.82) is 0 Å². The van der Waals surface area contributed by atoms with Crippen LogP contribution in [0.5, 0.6) is 0 Å². The third kappa shape index (κ3) is 0.371. The summed E-state index contributed by atoms with van der Waals surface area (Å²) in [5.74, 6) is 2.51. The van der Waals surface area contributed by atoms with Crippen molar-refractivity contribution in [3.63, 3.8) is 0 Å². The van der Waals surface area contributed by atoms with Gasteiger partial charge < -0.3 is 5.73 Å². The van der Waals surface area contributed by atoms with Gasteiger partial charge in [0.2, 0.25) is 0 Å². The Balaban J connectivity index is 2.25.